The second-order valence-corrected chi connectivity index (χ2v) is 4.91. The standard InChI is InChI=1S/C15H16O3/c1-7-5-11-9(3)14-12(6-8(2)17-14)13(10(4)16)15(11)18-7/h5-6,10,16H,1-4H3. The maximum absolute atomic E-state index is 10.0. The molecule has 0 radical (unpaired) electrons. The molecule has 1 N–H and O–H groups in total. The van der Waals surface area contributed by atoms with Gasteiger partial charge < -0.3 is 13.9 Å². The third kappa shape index (κ3) is 1.40. The van der Waals surface area contributed by atoms with Gasteiger partial charge >= 0.3 is 0 Å². The Labute approximate surface area is 105 Å². The summed E-state index contributed by atoms with van der Waals surface area (Å²) in [6.07, 6.45) is -0.585. The molecule has 3 aromatic rings. The van der Waals surface area contributed by atoms with Crippen LogP contribution in [0.1, 0.15) is 35.7 Å². The summed E-state index contributed by atoms with van der Waals surface area (Å²) in [5.74, 6) is 1.69. The molecule has 0 aliphatic heterocycles. The first-order valence-corrected chi connectivity index (χ1v) is 6.10. The molecule has 0 aliphatic carbocycles. The molecule has 2 heterocycles. The first-order chi connectivity index (χ1) is 8.49. The van der Waals surface area contributed by atoms with Crippen LogP contribution in [0.15, 0.2) is 21.0 Å². The summed E-state index contributed by atoms with van der Waals surface area (Å²) in [7, 11) is 0. The Hall–Kier alpha value is -1.74. The number of aryl methyl sites for hydroxylation is 3. The predicted octanol–water partition coefficient (Wildman–Crippen LogP) is 4.16. The fourth-order valence-corrected chi connectivity index (χ4v) is 2.65. The zero-order valence-corrected chi connectivity index (χ0v) is 11.0. The van der Waals surface area contributed by atoms with Crippen LogP contribution < -0.4 is 0 Å². The lowest BCUT2D eigenvalue weighted by atomic mass is 9.99. The van der Waals surface area contributed by atoms with E-state index in [2.05, 4.69) is 0 Å². The molecule has 0 saturated heterocycles. The Morgan fingerprint density at radius 3 is 2.11 bits per heavy atom. The van der Waals surface area contributed by atoms with Crippen LogP contribution in [0, 0.1) is 20.8 Å². The molecule has 0 amide bonds. The van der Waals surface area contributed by atoms with E-state index < -0.39 is 6.10 Å². The lowest BCUT2D eigenvalue weighted by molar-refractivity contribution is 0.201. The van der Waals surface area contributed by atoms with Crippen molar-refractivity contribution in [2.24, 2.45) is 0 Å². The van der Waals surface area contributed by atoms with E-state index in [1.807, 2.05) is 32.9 Å². The number of furan rings is 2. The fourth-order valence-electron chi connectivity index (χ4n) is 2.65. The fraction of sp³-hybridized carbons (Fsp3) is 0.333. The number of rotatable bonds is 1. The predicted molar refractivity (Wildman–Crippen MR) is 70.8 cm³/mol. The number of hydrogen-bond acceptors (Lipinski definition) is 3. The van der Waals surface area contributed by atoms with E-state index in [0.29, 0.717) is 0 Å². The van der Waals surface area contributed by atoms with Gasteiger partial charge in [-0.15, -0.1) is 0 Å². The van der Waals surface area contributed by atoms with Crippen LogP contribution in [0.2, 0.25) is 0 Å². The first-order valence-electron chi connectivity index (χ1n) is 6.10. The number of fused-ring (bicyclic) bond motifs is 2. The molecule has 1 aromatic carbocycles. The summed E-state index contributed by atoms with van der Waals surface area (Å²) in [6, 6.07) is 3.95. The molecule has 0 spiro atoms. The summed E-state index contributed by atoms with van der Waals surface area (Å²) >= 11 is 0. The molecule has 3 rings (SSSR count). The highest BCUT2D eigenvalue weighted by Gasteiger charge is 2.20. The summed E-state index contributed by atoms with van der Waals surface area (Å²) in [6.45, 7) is 7.61. The number of aliphatic hydroxyl groups is 1. The van der Waals surface area contributed by atoms with E-state index in [-0.39, 0.29) is 0 Å². The number of benzene rings is 1. The summed E-state index contributed by atoms with van der Waals surface area (Å²) in [5.41, 5.74) is 3.50. The molecule has 1 atom stereocenters. The second kappa shape index (κ2) is 3.62. The summed E-state index contributed by atoms with van der Waals surface area (Å²) in [5, 5.41) is 12.0. The van der Waals surface area contributed by atoms with E-state index in [1.165, 1.54) is 0 Å². The van der Waals surface area contributed by atoms with Gasteiger partial charge in [-0.05, 0) is 39.8 Å². The van der Waals surface area contributed by atoms with Crippen LogP contribution in [0.25, 0.3) is 21.9 Å². The highest BCUT2D eigenvalue weighted by atomic mass is 16.3. The number of aliphatic hydroxyl groups excluding tert-OH is 1. The van der Waals surface area contributed by atoms with Crippen molar-refractivity contribution in [3.63, 3.8) is 0 Å². The highest BCUT2D eigenvalue weighted by Crippen LogP contribution is 2.38. The Bertz CT molecular complexity index is 686. The zero-order valence-electron chi connectivity index (χ0n) is 11.0. The average Bonchev–Trinajstić information content (AvgIpc) is 2.81. The lowest BCUT2D eigenvalue weighted by Gasteiger charge is -2.08. The molecule has 94 valence electrons. The van der Waals surface area contributed by atoms with Gasteiger partial charge in [0.15, 0.2) is 0 Å². The van der Waals surface area contributed by atoms with Crippen LogP contribution in [-0.2, 0) is 0 Å². The molecule has 1 unspecified atom stereocenters. The third-order valence-electron chi connectivity index (χ3n) is 3.41. The van der Waals surface area contributed by atoms with Gasteiger partial charge in [0.25, 0.3) is 0 Å². The van der Waals surface area contributed by atoms with E-state index in [9.17, 15) is 5.11 Å². The highest BCUT2D eigenvalue weighted by molar-refractivity contribution is 6.02. The first kappa shape index (κ1) is 11.4. The van der Waals surface area contributed by atoms with Gasteiger partial charge in [0.05, 0.1) is 6.10 Å². The Kier molecular flexibility index (Phi) is 2.29. The van der Waals surface area contributed by atoms with Gasteiger partial charge in [-0.1, -0.05) is 0 Å². The maximum atomic E-state index is 10.0. The maximum Gasteiger partial charge on any atom is 0.141 e. The minimum absolute atomic E-state index is 0.585. The molecule has 18 heavy (non-hydrogen) atoms. The molecule has 0 bridgehead atoms. The van der Waals surface area contributed by atoms with Crippen LogP contribution in [0.3, 0.4) is 0 Å². The van der Waals surface area contributed by atoms with Crippen molar-refractivity contribution < 1.29 is 13.9 Å². The largest absolute Gasteiger partial charge is 0.461 e. The Balaban J connectivity index is 2.60. The minimum atomic E-state index is -0.585. The molecule has 0 aliphatic rings. The van der Waals surface area contributed by atoms with Crippen LogP contribution in [0.5, 0.6) is 0 Å². The monoisotopic (exact) mass is 244 g/mol. The molecule has 0 saturated carbocycles. The van der Waals surface area contributed by atoms with Gasteiger partial charge in [-0.3, -0.25) is 0 Å². The Morgan fingerprint density at radius 2 is 1.50 bits per heavy atom. The van der Waals surface area contributed by atoms with E-state index in [4.69, 9.17) is 8.83 Å². The molecule has 3 heteroatoms. The van der Waals surface area contributed by atoms with Crippen LogP contribution in [-0.4, -0.2) is 5.11 Å². The minimum Gasteiger partial charge on any atom is -0.461 e. The second-order valence-electron chi connectivity index (χ2n) is 4.91. The van der Waals surface area contributed by atoms with Crippen molar-refractivity contribution in [1.29, 1.82) is 0 Å². The topological polar surface area (TPSA) is 46.5 Å². The zero-order chi connectivity index (χ0) is 13.0. The van der Waals surface area contributed by atoms with Crippen molar-refractivity contribution in [3.05, 3.63) is 34.8 Å². The normalized spacial score (nSPS) is 13.6. The van der Waals surface area contributed by atoms with E-state index in [0.717, 1.165) is 44.6 Å². The van der Waals surface area contributed by atoms with Gasteiger partial charge in [0.1, 0.15) is 22.7 Å². The Morgan fingerprint density at radius 1 is 0.944 bits per heavy atom. The van der Waals surface area contributed by atoms with Crippen molar-refractivity contribution >= 4 is 21.9 Å². The van der Waals surface area contributed by atoms with Gasteiger partial charge in [0, 0.05) is 21.9 Å². The van der Waals surface area contributed by atoms with Gasteiger partial charge in [0.2, 0.25) is 0 Å². The molecule has 3 nitrogen and oxygen atoms in total. The summed E-state index contributed by atoms with van der Waals surface area (Å²) < 4.78 is 11.5. The third-order valence-corrected chi connectivity index (χ3v) is 3.41. The molecule has 0 fully saturated rings. The van der Waals surface area contributed by atoms with Gasteiger partial charge in [-0.2, -0.15) is 0 Å². The van der Waals surface area contributed by atoms with Crippen LogP contribution >= 0.6 is 0 Å². The SMILES string of the molecule is Cc1cc2c(C(C)O)c3oc(C)cc3c(C)c2o1. The van der Waals surface area contributed by atoms with Crippen LogP contribution in [0.4, 0.5) is 0 Å². The average molecular weight is 244 g/mol. The van der Waals surface area contributed by atoms with Crippen molar-refractivity contribution in [3.8, 4) is 0 Å². The van der Waals surface area contributed by atoms with Gasteiger partial charge in [-0.25, -0.2) is 0 Å². The van der Waals surface area contributed by atoms with Crippen molar-refractivity contribution in [2.45, 2.75) is 33.8 Å². The van der Waals surface area contributed by atoms with E-state index >= 15 is 0 Å². The van der Waals surface area contributed by atoms with E-state index in [1.54, 1.807) is 6.92 Å². The smallest absolute Gasteiger partial charge is 0.141 e. The molecular formula is C15H16O3. The molecule has 2 aromatic heterocycles. The quantitative estimate of drug-likeness (QED) is 0.699. The molecular weight excluding hydrogens is 228 g/mol. The number of hydrogen-bond donors (Lipinski definition) is 1. The van der Waals surface area contributed by atoms with Crippen molar-refractivity contribution in [2.75, 3.05) is 0 Å². The summed E-state index contributed by atoms with van der Waals surface area (Å²) in [4.78, 5) is 0. The lowest BCUT2D eigenvalue weighted by Crippen LogP contribution is -1.94. The van der Waals surface area contributed by atoms with Crippen molar-refractivity contribution in [1.82, 2.24) is 0 Å².